The van der Waals surface area contributed by atoms with Crippen molar-refractivity contribution in [1.29, 1.82) is 0 Å². The van der Waals surface area contributed by atoms with Crippen molar-refractivity contribution < 1.29 is 13.9 Å². The normalized spacial score (nSPS) is 19.5. The highest BCUT2D eigenvalue weighted by atomic mass is 35.5. The van der Waals surface area contributed by atoms with Crippen molar-refractivity contribution >= 4 is 11.6 Å². The van der Waals surface area contributed by atoms with Gasteiger partial charge in [-0.25, -0.2) is 4.39 Å². The van der Waals surface area contributed by atoms with Crippen molar-refractivity contribution in [2.24, 2.45) is 0 Å². The molecule has 0 bridgehead atoms. The Morgan fingerprint density at radius 2 is 2.35 bits per heavy atom. The lowest BCUT2D eigenvalue weighted by atomic mass is 10.1. The molecule has 1 heterocycles. The van der Waals surface area contributed by atoms with Gasteiger partial charge in [0.25, 0.3) is 0 Å². The highest BCUT2D eigenvalue weighted by Gasteiger charge is 2.14. The summed E-state index contributed by atoms with van der Waals surface area (Å²) in [6.45, 7) is 1.47. The van der Waals surface area contributed by atoms with E-state index in [9.17, 15) is 4.39 Å². The van der Waals surface area contributed by atoms with E-state index in [1.807, 2.05) is 0 Å². The smallest absolute Gasteiger partial charge is 0.145 e. The Bertz CT molecular complexity index is 364. The summed E-state index contributed by atoms with van der Waals surface area (Å²) >= 11 is 5.58. The van der Waals surface area contributed by atoms with Crippen LogP contribution in [-0.2, 0) is 4.74 Å². The van der Waals surface area contributed by atoms with E-state index in [2.05, 4.69) is 0 Å². The molecule has 0 saturated carbocycles. The molecule has 0 spiro atoms. The molecule has 1 saturated heterocycles. The summed E-state index contributed by atoms with van der Waals surface area (Å²) in [6, 6.07) is 4.50. The largest absolute Gasteiger partial charge is 0.493 e. The minimum Gasteiger partial charge on any atom is -0.493 e. The molecule has 1 fully saturated rings. The van der Waals surface area contributed by atoms with Crippen molar-refractivity contribution in [2.45, 2.75) is 31.8 Å². The zero-order valence-corrected chi connectivity index (χ0v) is 10.4. The Morgan fingerprint density at radius 3 is 3.06 bits per heavy atom. The molecule has 1 atom stereocenters. The quantitative estimate of drug-likeness (QED) is 0.748. The maximum absolute atomic E-state index is 13.1. The van der Waals surface area contributed by atoms with Gasteiger partial charge in [-0.2, -0.15) is 0 Å². The van der Waals surface area contributed by atoms with Gasteiger partial charge < -0.3 is 9.47 Å². The van der Waals surface area contributed by atoms with Crippen molar-refractivity contribution in [2.75, 3.05) is 13.2 Å². The van der Waals surface area contributed by atoms with Crippen molar-refractivity contribution in [3.63, 3.8) is 0 Å². The van der Waals surface area contributed by atoms with Crippen LogP contribution in [0.5, 0.6) is 5.75 Å². The molecular formula is C13H16ClFO2. The predicted octanol–water partition coefficient (Wildman–Crippen LogP) is 3.82. The van der Waals surface area contributed by atoms with E-state index in [-0.39, 0.29) is 5.02 Å². The second kappa shape index (κ2) is 6.22. The van der Waals surface area contributed by atoms with Crippen LogP contribution in [0.2, 0.25) is 5.02 Å². The summed E-state index contributed by atoms with van der Waals surface area (Å²) in [5, 5.41) is 0.122. The fraction of sp³-hybridized carbons (Fsp3) is 0.538. The SMILES string of the molecule is Fc1cc(OCCCC2CCCO2)ccc1Cl. The third-order valence-electron chi connectivity index (χ3n) is 2.85. The van der Waals surface area contributed by atoms with E-state index >= 15 is 0 Å². The molecule has 1 unspecified atom stereocenters. The first-order valence-electron chi connectivity index (χ1n) is 5.95. The summed E-state index contributed by atoms with van der Waals surface area (Å²) < 4.78 is 24.1. The van der Waals surface area contributed by atoms with Crippen LogP contribution in [0.4, 0.5) is 4.39 Å². The second-order valence-corrected chi connectivity index (χ2v) is 4.61. The van der Waals surface area contributed by atoms with Crippen molar-refractivity contribution in [3.8, 4) is 5.75 Å². The molecule has 2 nitrogen and oxygen atoms in total. The summed E-state index contributed by atoms with van der Waals surface area (Å²) in [5.74, 6) is 0.0857. The van der Waals surface area contributed by atoms with Crippen LogP contribution in [0, 0.1) is 5.82 Å². The van der Waals surface area contributed by atoms with Gasteiger partial charge in [-0.3, -0.25) is 0 Å². The predicted molar refractivity (Wildman–Crippen MR) is 65.1 cm³/mol. The highest BCUT2D eigenvalue weighted by Crippen LogP contribution is 2.21. The van der Waals surface area contributed by atoms with Gasteiger partial charge in [0, 0.05) is 12.7 Å². The molecular weight excluding hydrogens is 243 g/mol. The van der Waals surface area contributed by atoms with E-state index in [4.69, 9.17) is 21.1 Å². The first-order valence-corrected chi connectivity index (χ1v) is 6.33. The van der Waals surface area contributed by atoms with Crippen molar-refractivity contribution in [1.82, 2.24) is 0 Å². The monoisotopic (exact) mass is 258 g/mol. The van der Waals surface area contributed by atoms with Crippen LogP contribution >= 0.6 is 11.6 Å². The van der Waals surface area contributed by atoms with Crippen LogP contribution in [0.1, 0.15) is 25.7 Å². The number of benzene rings is 1. The first kappa shape index (κ1) is 12.7. The van der Waals surface area contributed by atoms with Crippen LogP contribution < -0.4 is 4.74 Å². The van der Waals surface area contributed by atoms with Crippen LogP contribution in [0.25, 0.3) is 0 Å². The molecule has 1 aliphatic rings. The Kier molecular flexibility index (Phi) is 4.63. The van der Waals surface area contributed by atoms with Gasteiger partial charge in [0.2, 0.25) is 0 Å². The minimum atomic E-state index is -0.441. The molecule has 0 amide bonds. The molecule has 0 N–H and O–H groups in total. The fourth-order valence-corrected chi connectivity index (χ4v) is 2.06. The summed E-state index contributed by atoms with van der Waals surface area (Å²) in [6.07, 6.45) is 4.63. The van der Waals surface area contributed by atoms with Gasteiger partial charge in [-0.05, 0) is 37.8 Å². The Balaban J connectivity index is 1.68. The third-order valence-corrected chi connectivity index (χ3v) is 3.16. The number of rotatable bonds is 5. The lowest BCUT2D eigenvalue weighted by Crippen LogP contribution is -2.07. The zero-order chi connectivity index (χ0) is 12.1. The third kappa shape index (κ3) is 3.86. The number of hydrogen-bond acceptors (Lipinski definition) is 2. The van der Waals surface area contributed by atoms with Gasteiger partial charge in [-0.1, -0.05) is 11.6 Å². The van der Waals surface area contributed by atoms with Crippen LogP contribution in [0.15, 0.2) is 18.2 Å². The molecule has 1 aromatic carbocycles. The molecule has 2 rings (SSSR count). The van der Waals surface area contributed by atoms with Gasteiger partial charge in [0.05, 0.1) is 17.7 Å². The molecule has 0 radical (unpaired) electrons. The molecule has 1 aromatic rings. The van der Waals surface area contributed by atoms with Gasteiger partial charge in [-0.15, -0.1) is 0 Å². The van der Waals surface area contributed by atoms with Gasteiger partial charge in [0.15, 0.2) is 0 Å². The molecule has 0 aliphatic carbocycles. The molecule has 0 aromatic heterocycles. The number of halogens is 2. The van der Waals surface area contributed by atoms with E-state index in [1.165, 1.54) is 12.1 Å². The Labute approximate surface area is 106 Å². The van der Waals surface area contributed by atoms with E-state index in [0.717, 1.165) is 32.3 Å². The highest BCUT2D eigenvalue weighted by molar-refractivity contribution is 6.30. The number of ether oxygens (including phenoxy) is 2. The Hall–Kier alpha value is -0.800. The molecule has 17 heavy (non-hydrogen) atoms. The van der Waals surface area contributed by atoms with Crippen molar-refractivity contribution in [3.05, 3.63) is 29.0 Å². The average molecular weight is 259 g/mol. The number of hydrogen-bond donors (Lipinski definition) is 0. The maximum atomic E-state index is 13.1. The minimum absolute atomic E-state index is 0.122. The average Bonchev–Trinajstić information content (AvgIpc) is 2.82. The van der Waals surface area contributed by atoms with E-state index < -0.39 is 5.82 Å². The fourth-order valence-electron chi connectivity index (χ4n) is 1.94. The lowest BCUT2D eigenvalue weighted by Gasteiger charge is -2.10. The first-order chi connectivity index (χ1) is 8.25. The van der Waals surface area contributed by atoms with Crippen LogP contribution in [0.3, 0.4) is 0 Å². The summed E-state index contributed by atoms with van der Waals surface area (Å²) in [5.41, 5.74) is 0. The topological polar surface area (TPSA) is 18.5 Å². The second-order valence-electron chi connectivity index (χ2n) is 4.20. The Morgan fingerprint density at radius 1 is 1.47 bits per heavy atom. The standard InChI is InChI=1S/C13H16ClFO2/c14-12-6-5-11(9-13(12)15)17-8-2-4-10-3-1-7-16-10/h5-6,9-10H,1-4,7-8H2. The maximum Gasteiger partial charge on any atom is 0.145 e. The summed E-state index contributed by atoms with van der Waals surface area (Å²) in [7, 11) is 0. The zero-order valence-electron chi connectivity index (χ0n) is 9.62. The van der Waals surface area contributed by atoms with E-state index in [1.54, 1.807) is 6.07 Å². The molecule has 1 aliphatic heterocycles. The van der Waals surface area contributed by atoms with Gasteiger partial charge in [0.1, 0.15) is 11.6 Å². The van der Waals surface area contributed by atoms with E-state index in [0.29, 0.717) is 18.5 Å². The molecule has 4 heteroatoms. The summed E-state index contributed by atoms with van der Waals surface area (Å²) in [4.78, 5) is 0. The molecule has 94 valence electrons. The van der Waals surface area contributed by atoms with Crippen LogP contribution in [-0.4, -0.2) is 19.3 Å². The lowest BCUT2D eigenvalue weighted by molar-refractivity contribution is 0.0981. The van der Waals surface area contributed by atoms with Gasteiger partial charge >= 0.3 is 0 Å².